The highest BCUT2D eigenvalue weighted by atomic mass is 16.3. The molecule has 94 valence electrons. The van der Waals surface area contributed by atoms with E-state index in [1.54, 1.807) is 0 Å². The highest BCUT2D eigenvalue weighted by Gasteiger charge is 2.08. The molecular weight excluding hydrogens is 224 g/mol. The summed E-state index contributed by atoms with van der Waals surface area (Å²) in [5, 5.41) is 17.3. The Morgan fingerprint density at radius 1 is 1.11 bits per heavy atom. The number of aromatic nitrogens is 2. The molecule has 0 unspecified atom stereocenters. The number of aryl methyl sites for hydroxylation is 1. The van der Waals surface area contributed by atoms with Crippen LogP contribution < -0.4 is 0 Å². The summed E-state index contributed by atoms with van der Waals surface area (Å²) in [7, 11) is 0. The van der Waals surface area contributed by atoms with Gasteiger partial charge in [-0.2, -0.15) is 10.2 Å². The summed E-state index contributed by atoms with van der Waals surface area (Å²) < 4.78 is 0. The summed E-state index contributed by atoms with van der Waals surface area (Å²) in [4.78, 5) is 0. The molecule has 0 aliphatic heterocycles. The first-order valence-corrected chi connectivity index (χ1v) is 6.16. The lowest BCUT2D eigenvalue weighted by Crippen LogP contribution is -1.98. The fourth-order valence-electron chi connectivity index (χ4n) is 1.93. The molecular formula is C15H18N2O. The van der Waals surface area contributed by atoms with Crippen molar-refractivity contribution in [1.29, 1.82) is 0 Å². The van der Waals surface area contributed by atoms with Crippen LogP contribution in [0.3, 0.4) is 0 Å². The first kappa shape index (κ1) is 12.7. The van der Waals surface area contributed by atoms with Gasteiger partial charge in [0.05, 0.1) is 18.0 Å². The van der Waals surface area contributed by atoms with Gasteiger partial charge >= 0.3 is 0 Å². The van der Waals surface area contributed by atoms with Crippen molar-refractivity contribution in [3.63, 3.8) is 0 Å². The number of benzene rings is 1. The zero-order valence-electron chi connectivity index (χ0n) is 11.0. The Labute approximate surface area is 108 Å². The molecule has 3 heteroatoms. The van der Waals surface area contributed by atoms with E-state index >= 15 is 0 Å². The summed E-state index contributed by atoms with van der Waals surface area (Å²) in [6.07, 6.45) is 0. The molecule has 0 saturated carbocycles. The Hall–Kier alpha value is -1.74. The number of rotatable bonds is 3. The van der Waals surface area contributed by atoms with E-state index in [9.17, 15) is 5.11 Å². The molecule has 18 heavy (non-hydrogen) atoms. The predicted octanol–water partition coefficient (Wildman–Crippen LogP) is 3.07. The van der Waals surface area contributed by atoms with Crippen molar-refractivity contribution in [2.24, 2.45) is 0 Å². The molecule has 0 amide bonds. The third-order valence-electron chi connectivity index (χ3n) is 3.03. The van der Waals surface area contributed by atoms with Gasteiger partial charge in [0, 0.05) is 5.56 Å². The third-order valence-corrected chi connectivity index (χ3v) is 3.03. The van der Waals surface area contributed by atoms with Gasteiger partial charge in [-0.3, -0.25) is 0 Å². The lowest BCUT2D eigenvalue weighted by atomic mass is 9.98. The summed E-state index contributed by atoms with van der Waals surface area (Å²) in [6.45, 7) is 6.16. The van der Waals surface area contributed by atoms with Crippen LogP contribution in [-0.2, 0) is 6.61 Å². The molecule has 3 nitrogen and oxygen atoms in total. The third kappa shape index (κ3) is 2.57. The minimum Gasteiger partial charge on any atom is -0.390 e. The summed E-state index contributed by atoms with van der Waals surface area (Å²) in [6, 6.07) is 10.4. The summed E-state index contributed by atoms with van der Waals surface area (Å²) >= 11 is 0. The van der Waals surface area contributed by atoms with Gasteiger partial charge in [-0.1, -0.05) is 38.1 Å². The number of nitrogens with zero attached hydrogens (tertiary/aromatic N) is 2. The van der Waals surface area contributed by atoms with E-state index in [4.69, 9.17) is 0 Å². The zero-order valence-corrected chi connectivity index (χ0v) is 11.0. The molecule has 0 fully saturated rings. The van der Waals surface area contributed by atoms with Gasteiger partial charge in [0.1, 0.15) is 0 Å². The van der Waals surface area contributed by atoms with E-state index < -0.39 is 0 Å². The van der Waals surface area contributed by atoms with E-state index in [0.717, 1.165) is 16.8 Å². The molecule has 1 heterocycles. The van der Waals surface area contributed by atoms with E-state index in [-0.39, 0.29) is 6.61 Å². The number of hydrogen-bond acceptors (Lipinski definition) is 3. The predicted molar refractivity (Wildman–Crippen MR) is 72.2 cm³/mol. The van der Waals surface area contributed by atoms with Crippen molar-refractivity contribution in [1.82, 2.24) is 10.2 Å². The van der Waals surface area contributed by atoms with Gasteiger partial charge in [-0.05, 0) is 30.0 Å². The Balaban J connectivity index is 2.44. The van der Waals surface area contributed by atoms with Crippen LogP contribution in [0.4, 0.5) is 0 Å². The normalized spacial score (nSPS) is 10.9. The quantitative estimate of drug-likeness (QED) is 0.899. The molecule has 1 N–H and O–H groups in total. The molecule has 0 aliphatic carbocycles. The Morgan fingerprint density at radius 3 is 2.33 bits per heavy atom. The molecule has 0 saturated heterocycles. The van der Waals surface area contributed by atoms with Crippen LogP contribution in [0.25, 0.3) is 11.1 Å². The molecule has 0 aliphatic rings. The highest BCUT2D eigenvalue weighted by Crippen LogP contribution is 2.25. The molecule has 2 rings (SSSR count). The van der Waals surface area contributed by atoms with Crippen molar-refractivity contribution in [3.8, 4) is 11.1 Å². The highest BCUT2D eigenvalue weighted by molar-refractivity contribution is 5.66. The van der Waals surface area contributed by atoms with Crippen LogP contribution in [0.1, 0.15) is 36.7 Å². The second-order valence-corrected chi connectivity index (χ2v) is 4.78. The standard InChI is InChI=1S/C15H18N2O/c1-10(2)12-4-6-13(7-5-12)14-8-11(3)16-17-15(14)9-18/h4-8,10,18H,9H2,1-3H3. The second-order valence-electron chi connectivity index (χ2n) is 4.78. The Morgan fingerprint density at radius 2 is 1.78 bits per heavy atom. The first-order valence-electron chi connectivity index (χ1n) is 6.16. The maximum absolute atomic E-state index is 9.31. The summed E-state index contributed by atoms with van der Waals surface area (Å²) in [5.74, 6) is 0.522. The molecule has 2 aromatic rings. The second kappa shape index (κ2) is 5.27. The molecule has 0 radical (unpaired) electrons. The Kier molecular flexibility index (Phi) is 3.72. The topological polar surface area (TPSA) is 46.0 Å². The number of hydrogen-bond donors (Lipinski definition) is 1. The van der Waals surface area contributed by atoms with Gasteiger partial charge in [-0.25, -0.2) is 0 Å². The maximum atomic E-state index is 9.31. The Bertz CT molecular complexity index is 533. The van der Waals surface area contributed by atoms with Crippen molar-refractivity contribution in [3.05, 3.63) is 47.3 Å². The van der Waals surface area contributed by atoms with Gasteiger partial charge in [0.15, 0.2) is 0 Å². The van der Waals surface area contributed by atoms with E-state index in [0.29, 0.717) is 11.6 Å². The van der Waals surface area contributed by atoms with Crippen LogP contribution in [0.5, 0.6) is 0 Å². The summed E-state index contributed by atoms with van der Waals surface area (Å²) in [5.41, 5.74) is 4.82. The minimum atomic E-state index is -0.0887. The SMILES string of the molecule is Cc1cc(-c2ccc(C(C)C)cc2)c(CO)nn1. The van der Waals surface area contributed by atoms with Crippen LogP contribution in [0, 0.1) is 6.92 Å². The fraction of sp³-hybridized carbons (Fsp3) is 0.333. The average molecular weight is 242 g/mol. The zero-order chi connectivity index (χ0) is 13.1. The smallest absolute Gasteiger partial charge is 0.0963 e. The average Bonchev–Trinajstić information content (AvgIpc) is 2.39. The van der Waals surface area contributed by atoms with Crippen molar-refractivity contribution in [2.75, 3.05) is 0 Å². The largest absolute Gasteiger partial charge is 0.390 e. The molecule has 0 bridgehead atoms. The molecule has 1 aromatic heterocycles. The fourth-order valence-corrected chi connectivity index (χ4v) is 1.93. The first-order chi connectivity index (χ1) is 8.61. The molecule has 1 aromatic carbocycles. The molecule has 0 atom stereocenters. The number of aliphatic hydroxyl groups is 1. The van der Waals surface area contributed by atoms with Gasteiger partial charge in [-0.15, -0.1) is 0 Å². The van der Waals surface area contributed by atoms with Crippen molar-refractivity contribution >= 4 is 0 Å². The minimum absolute atomic E-state index is 0.0887. The van der Waals surface area contributed by atoms with Crippen LogP contribution in [0.15, 0.2) is 30.3 Å². The van der Waals surface area contributed by atoms with E-state index in [2.05, 4.69) is 48.3 Å². The van der Waals surface area contributed by atoms with E-state index in [1.165, 1.54) is 5.56 Å². The number of aliphatic hydroxyl groups excluding tert-OH is 1. The van der Waals surface area contributed by atoms with Crippen LogP contribution in [-0.4, -0.2) is 15.3 Å². The van der Waals surface area contributed by atoms with Crippen LogP contribution in [0.2, 0.25) is 0 Å². The monoisotopic (exact) mass is 242 g/mol. The van der Waals surface area contributed by atoms with Crippen LogP contribution >= 0.6 is 0 Å². The van der Waals surface area contributed by atoms with Crippen molar-refractivity contribution < 1.29 is 5.11 Å². The lowest BCUT2D eigenvalue weighted by Gasteiger charge is -2.09. The van der Waals surface area contributed by atoms with E-state index in [1.807, 2.05) is 13.0 Å². The van der Waals surface area contributed by atoms with Gasteiger partial charge in [0.25, 0.3) is 0 Å². The lowest BCUT2D eigenvalue weighted by molar-refractivity contribution is 0.276. The molecule has 0 spiro atoms. The maximum Gasteiger partial charge on any atom is 0.0963 e. The van der Waals surface area contributed by atoms with Gasteiger partial charge < -0.3 is 5.11 Å². The van der Waals surface area contributed by atoms with Crippen molar-refractivity contribution in [2.45, 2.75) is 33.3 Å². The van der Waals surface area contributed by atoms with Gasteiger partial charge in [0.2, 0.25) is 0 Å².